The van der Waals surface area contributed by atoms with Crippen LogP contribution in [0.2, 0.25) is 0 Å². The fraction of sp³-hybridized carbons (Fsp3) is 0.261. The van der Waals surface area contributed by atoms with Crippen LogP contribution in [0.4, 0.5) is 0 Å². The van der Waals surface area contributed by atoms with Gasteiger partial charge in [0.05, 0.1) is 18.7 Å². The van der Waals surface area contributed by atoms with Crippen LogP contribution in [-0.4, -0.2) is 32.7 Å². The highest BCUT2D eigenvalue weighted by Gasteiger charge is 2.27. The number of fused-ring (bicyclic) bond motifs is 2. The van der Waals surface area contributed by atoms with E-state index in [-0.39, 0.29) is 12.1 Å². The summed E-state index contributed by atoms with van der Waals surface area (Å²) in [5.74, 6) is 0.534. The molecule has 144 valence electrons. The quantitative estimate of drug-likeness (QED) is 0.649. The Labute approximate surface area is 168 Å². The summed E-state index contributed by atoms with van der Waals surface area (Å²) in [6.07, 6.45) is 6.62. The zero-order chi connectivity index (χ0) is 19.8. The second kappa shape index (κ2) is 7.20. The minimum atomic E-state index is -0.237. The van der Waals surface area contributed by atoms with Crippen molar-refractivity contribution in [2.45, 2.75) is 38.8 Å². The molecule has 1 unspecified atom stereocenters. The van der Waals surface area contributed by atoms with E-state index in [4.69, 9.17) is 9.73 Å². The molecule has 0 amide bonds. The Bertz CT molecular complexity index is 1120. The minimum absolute atomic E-state index is 0.187. The number of rotatable bonds is 3. The summed E-state index contributed by atoms with van der Waals surface area (Å²) >= 11 is 0. The van der Waals surface area contributed by atoms with Gasteiger partial charge in [-0.05, 0) is 47.9 Å². The lowest BCUT2D eigenvalue weighted by Gasteiger charge is -2.16. The van der Waals surface area contributed by atoms with Gasteiger partial charge in [-0.1, -0.05) is 6.07 Å². The van der Waals surface area contributed by atoms with Gasteiger partial charge in [-0.3, -0.25) is 14.8 Å². The third-order valence-corrected chi connectivity index (χ3v) is 5.39. The number of benzene rings is 1. The summed E-state index contributed by atoms with van der Waals surface area (Å²) in [6.45, 7) is 2.50. The average Bonchev–Trinajstić information content (AvgIpc) is 3.04. The van der Waals surface area contributed by atoms with Gasteiger partial charge in [-0.2, -0.15) is 0 Å². The lowest BCUT2D eigenvalue weighted by molar-refractivity contribution is -0.147. The van der Waals surface area contributed by atoms with Crippen LogP contribution in [0.15, 0.2) is 53.9 Å². The average molecular weight is 384 g/mol. The molecule has 6 nitrogen and oxygen atoms in total. The van der Waals surface area contributed by atoms with Crippen molar-refractivity contribution < 1.29 is 9.53 Å². The number of aryl methyl sites for hydroxylation is 1. The first-order chi connectivity index (χ1) is 14.2. The molecule has 2 aromatic heterocycles. The van der Waals surface area contributed by atoms with Gasteiger partial charge in [0.15, 0.2) is 0 Å². The molecular weight excluding hydrogens is 364 g/mol. The van der Waals surface area contributed by atoms with Crippen molar-refractivity contribution in [3.63, 3.8) is 0 Å². The number of hydrogen-bond donors (Lipinski definition) is 0. The molecule has 0 radical (unpaired) electrons. The molecule has 0 saturated carbocycles. The van der Waals surface area contributed by atoms with Gasteiger partial charge in [-0.25, -0.2) is 9.97 Å². The Morgan fingerprint density at radius 3 is 2.76 bits per heavy atom. The highest BCUT2D eigenvalue weighted by Crippen LogP contribution is 2.29. The van der Waals surface area contributed by atoms with Gasteiger partial charge < -0.3 is 4.74 Å². The van der Waals surface area contributed by atoms with Crippen LogP contribution in [0, 0.1) is 6.92 Å². The van der Waals surface area contributed by atoms with Crippen molar-refractivity contribution in [2.75, 3.05) is 0 Å². The summed E-state index contributed by atoms with van der Waals surface area (Å²) in [7, 11) is 0. The summed E-state index contributed by atoms with van der Waals surface area (Å²) in [5, 5.41) is 0. The number of hydrogen-bond acceptors (Lipinski definition) is 6. The van der Waals surface area contributed by atoms with Crippen molar-refractivity contribution in [3.05, 3.63) is 88.3 Å². The maximum absolute atomic E-state index is 12.4. The van der Waals surface area contributed by atoms with Crippen LogP contribution < -0.4 is 0 Å². The number of pyridine rings is 1. The van der Waals surface area contributed by atoms with E-state index in [2.05, 4.69) is 27.1 Å². The SMILES string of the molecule is Cc1nccc(CC2Cc3cc4c(cc3CC(=O)O2)CN=C4c2ccncc2)n1. The fourth-order valence-electron chi connectivity index (χ4n) is 4.09. The van der Waals surface area contributed by atoms with Crippen molar-refractivity contribution in [3.8, 4) is 0 Å². The van der Waals surface area contributed by atoms with Crippen LogP contribution in [0.5, 0.6) is 0 Å². The summed E-state index contributed by atoms with van der Waals surface area (Å²) in [5.41, 5.74) is 7.43. The number of carbonyl (C=O) groups excluding carboxylic acids is 1. The molecule has 0 fully saturated rings. The van der Waals surface area contributed by atoms with Crippen molar-refractivity contribution in [1.29, 1.82) is 0 Å². The van der Waals surface area contributed by atoms with E-state index in [0.29, 0.717) is 25.8 Å². The molecule has 0 saturated heterocycles. The van der Waals surface area contributed by atoms with Gasteiger partial charge in [-0.15, -0.1) is 0 Å². The Kier molecular flexibility index (Phi) is 4.39. The Morgan fingerprint density at radius 2 is 1.93 bits per heavy atom. The zero-order valence-electron chi connectivity index (χ0n) is 16.1. The first-order valence-electron chi connectivity index (χ1n) is 9.73. The molecule has 5 rings (SSSR count). The monoisotopic (exact) mass is 384 g/mol. The third kappa shape index (κ3) is 3.53. The van der Waals surface area contributed by atoms with E-state index in [1.807, 2.05) is 25.1 Å². The van der Waals surface area contributed by atoms with E-state index in [1.165, 1.54) is 0 Å². The zero-order valence-corrected chi connectivity index (χ0v) is 16.1. The number of esters is 1. The molecule has 29 heavy (non-hydrogen) atoms. The molecule has 2 aliphatic rings. The largest absolute Gasteiger partial charge is 0.461 e. The van der Waals surface area contributed by atoms with Gasteiger partial charge in [0.2, 0.25) is 0 Å². The molecule has 0 spiro atoms. The molecule has 0 bridgehead atoms. The van der Waals surface area contributed by atoms with Crippen molar-refractivity contribution >= 4 is 11.7 Å². The van der Waals surface area contributed by atoms with Crippen molar-refractivity contribution in [1.82, 2.24) is 15.0 Å². The molecule has 0 N–H and O–H groups in total. The smallest absolute Gasteiger partial charge is 0.310 e. The van der Waals surface area contributed by atoms with E-state index in [1.54, 1.807) is 18.6 Å². The van der Waals surface area contributed by atoms with Crippen molar-refractivity contribution in [2.24, 2.45) is 4.99 Å². The highest BCUT2D eigenvalue weighted by molar-refractivity contribution is 6.15. The summed E-state index contributed by atoms with van der Waals surface area (Å²) < 4.78 is 5.74. The number of cyclic esters (lactones) is 1. The normalized spacial score (nSPS) is 17.8. The van der Waals surface area contributed by atoms with Gasteiger partial charge in [0, 0.05) is 48.3 Å². The number of aromatic nitrogens is 3. The fourth-order valence-corrected chi connectivity index (χ4v) is 4.09. The topological polar surface area (TPSA) is 77.3 Å². The Balaban J connectivity index is 1.47. The Morgan fingerprint density at radius 1 is 1.07 bits per heavy atom. The summed E-state index contributed by atoms with van der Waals surface area (Å²) in [4.78, 5) is 29.9. The number of ether oxygens (including phenoxy) is 1. The standard InChI is InChI=1S/C23H20N4O2/c1-14-25-7-4-19(27-14)12-20-9-17-10-21-18(8-16(17)11-22(28)29-20)13-26-23(21)15-2-5-24-6-3-15/h2-8,10,20H,9,11-13H2,1H3. The van der Waals surface area contributed by atoms with E-state index in [9.17, 15) is 4.79 Å². The third-order valence-electron chi connectivity index (χ3n) is 5.39. The maximum Gasteiger partial charge on any atom is 0.310 e. The molecule has 1 aromatic carbocycles. The first-order valence-corrected chi connectivity index (χ1v) is 9.73. The van der Waals surface area contributed by atoms with Gasteiger partial charge >= 0.3 is 5.97 Å². The number of nitrogens with zero attached hydrogens (tertiary/aromatic N) is 4. The van der Waals surface area contributed by atoms with Crippen LogP contribution in [0.25, 0.3) is 0 Å². The first kappa shape index (κ1) is 17.7. The molecular formula is C23H20N4O2. The molecule has 2 aliphatic heterocycles. The van der Waals surface area contributed by atoms with Crippen LogP contribution in [0.1, 0.15) is 39.3 Å². The second-order valence-electron chi connectivity index (χ2n) is 7.47. The van der Waals surface area contributed by atoms with E-state index in [0.717, 1.165) is 45.0 Å². The number of carbonyl (C=O) groups is 1. The predicted octanol–water partition coefficient (Wildman–Crippen LogP) is 2.78. The van der Waals surface area contributed by atoms with Crippen LogP contribution >= 0.6 is 0 Å². The lowest BCUT2D eigenvalue weighted by atomic mass is 9.91. The molecule has 4 heterocycles. The highest BCUT2D eigenvalue weighted by atomic mass is 16.5. The van der Waals surface area contributed by atoms with Crippen LogP contribution in [-0.2, 0) is 35.3 Å². The molecule has 3 aromatic rings. The van der Waals surface area contributed by atoms with E-state index >= 15 is 0 Å². The molecule has 1 atom stereocenters. The number of aliphatic imine (C=N–C) groups is 1. The Hall–Kier alpha value is -3.41. The van der Waals surface area contributed by atoms with Gasteiger partial charge in [0.1, 0.15) is 11.9 Å². The molecule has 6 heteroatoms. The maximum atomic E-state index is 12.4. The minimum Gasteiger partial charge on any atom is -0.461 e. The predicted molar refractivity (Wildman–Crippen MR) is 108 cm³/mol. The second-order valence-corrected chi connectivity index (χ2v) is 7.47. The van der Waals surface area contributed by atoms with E-state index < -0.39 is 0 Å². The molecule has 0 aliphatic carbocycles. The van der Waals surface area contributed by atoms with Crippen LogP contribution in [0.3, 0.4) is 0 Å². The summed E-state index contributed by atoms with van der Waals surface area (Å²) in [6, 6.07) is 10.2. The van der Waals surface area contributed by atoms with Gasteiger partial charge in [0.25, 0.3) is 0 Å². The lowest BCUT2D eigenvalue weighted by Crippen LogP contribution is -2.22.